The van der Waals surface area contributed by atoms with E-state index in [-0.39, 0.29) is 16.7 Å². The molecule has 3 aromatic rings. The molecule has 1 amide bonds. The summed E-state index contributed by atoms with van der Waals surface area (Å²) in [6.45, 7) is 11.7. The fraction of sp³-hybridized carbons (Fsp3) is 0.440. The summed E-state index contributed by atoms with van der Waals surface area (Å²) in [7, 11) is -3.65. The topological polar surface area (TPSA) is 71.7 Å². The first-order valence-corrected chi connectivity index (χ1v) is 14.1. The van der Waals surface area contributed by atoms with Crippen molar-refractivity contribution in [3.05, 3.63) is 57.9 Å². The number of rotatable bonds is 9. The van der Waals surface area contributed by atoms with Gasteiger partial charge in [0, 0.05) is 30.2 Å². The second kappa shape index (κ2) is 11.2. The molecule has 0 saturated carbocycles. The lowest BCUT2D eigenvalue weighted by Gasteiger charge is -2.25. The molecule has 2 aromatic carbocycles. The van der Waals surface area contributed by atoms with Gasteiger partial charge in [-0.15, -0.1) is 0 Å². The van der Waals surface area contributed by atoms with Crippen LogP contribution in [0.25, 0.3) is 10.2 Å². The Morgan fingerprint density at radius 3 is 2.24 bits per heavy atom. The van der Waals surface area contributed by atoms with Crippen molar-refractivity contribution in [2.75, 3.05) is 13.1 Å². The zero-order valence-corrected chi connectivity index (χ0v) is 22.7. The van der Waals surface area contributed by atoms with E-state index in [4.69, 9.17) is 11.6 Å². The highest BCUT2D eigenvalue weighted by Crippen LogP contribution is 2.23. The Bertz CT molecular complexity index is 1310. The van der Waals surface area contributed by atoms with E-state index in [0.717, 1.165) is 23.2 Å². The lowest BCUT2D eigenvalue weighted by molar-refractivity contribution is 0.0997. The smallest absolute Gasteiger partial charge is 0.279 e. The van der Waals surface area contributed by atoms with Crippen molar-refractivity contribution in [2.24, 2.45) is 16.8 Å². The van der Waals surface area contributed by atoms with E-state index in [0.29, 0.717) is 28.5 Å². The van der Waals surface area contributed by atoms with Crippen LogP contribution < -0.4 is 4.80 Å². The monoisotopic (exact) mass is 521 g/mol. The van der Waals surface area contributed by atoms with Crippen LogP contribution in [0.1, 0.15) is 51.4 Å². The predicted molar refractivity (Wildman–Crippen MR) is 140 cm³/mol. The summed E-state index contributed by atoms with van der Waals surface area (Å²) in [5.74, 6) is 0.00559. The summed E-state index contributed by atoms with van der Waals surface area (Å²) in [4.78, 5) is 18.1. The molecule has 0 spiro atoms. The molecule has 0 bridgehead atoms. The first-order valence-electron chi connectivity index (χ1n) is 11.5. The minimum atomic E-state index is -3.65. The number of carbonyl (C=O) groups excluding carboxylic acids is 1. The molecule has 0 radical (unpaired) electrons. The molecule has 0 saturated heterocycles. The van der Waals surface area contributed by atoms with Crippen molar-refractivity contribution in [3.8, 4) is 0 Å². The van der Waals surface area contributed by atoms with Crippen LogP contribution >= 0.6 is 22.9 Å². The van der Waals surface area contributed by atoms with Crippen molar-refractivity contribution >= 4 is 49.1 Å². The minimum Gasteiger partial charge on any atom is -0.316 e. The Kier molecular flexibility index (Phi) is 8.73. The quantitative estimate of drug-likeness (QED) is 0.356. The molecule has 184 valence electrons. The molecule has 0 N–H and O–H groups in total. The molecular weight excluding hydrogens is 490 g/mol. The Morgan fingerprint density at radius 2 is 1.68 bits per heavy atom. The average molecular weight is 522 g/mol. The number of sulfonamides is 1. The highest BCUT2D eigenvalue weighted by Gasteiger charge is 2.26. The van der Waals surface area contributed by atoms with Crippen molar-refractivity contribution in [1.82, 2.24) is 8.87 Å². The number of aromatic nitrogens is 1. The summed E-state index contributed by atoms with van der Waals surface area (Å²) in [5, 5.41) is 0.635. The Labute approximate surface area is 211 Å². The van der Waals surface area contributed by atoms with Crippen molar-refractivity contribution in [2.45, 2.75) is 52.5 Å². The van der Waals surface area contributed by atoms with E-state index in [1.54, 1.807) is 0 Å². The highest BCUT2D eigenvalue weighted by atomic mass is 35.5. The van der Waals surface area contributed by atoms with Crippen LogP contribution in [-0.2, 0) is 16.6 Å². The van der Waals surface area contributed by atoms with E-state index in [1.807, 2.05) is 50.5 Å². The molecule has 0 fully saturated rings. The van der Waals surface area contributed by atoms with Gasteiger partial charge >= 0.3 is 0 Å². The molecule has 0 unspecified atom stereocenters. The van der Waals surface area contributed by atoms with Gasteiger partial charge in [0.05, 0.1) is 15.1 Å². The van der Waals surface area contributed by atoms with Crippen LogP contribution in [0.4, 0.5) is 0 Å². The lowest BCUT2D eigenvalue weighted by Crippen LogP contribution is -2.37. The summed E-state index contributed by atoms with van der Waals surface area (Å²) in [5.41, 5.74) is 1.33. The number of hydrogen-bond acceptors (Lipinski definition) is 4. The second-order valence-electron chi connectivity index (χ2n) is 9.20. The molecule has 1 heterocycles. The largest absolute Gasteiger partial charge is 0.316 e. The molecule has 6 nitrogen and oxygen atoms in total. The van der Waals surface area contributed by atoms with Crippen molar-refractivity contribution in [1.29, 1.82) is 0 Å². The van der Waals surface area contributed by atoms with Gasteiger partial charge in [0.15, 0.2) is 4.80 Å². The van der Waals surface area contributed by atoms with Gasteiger partial charge < -0.3 is 4.57 Å². The predicted octanol–water partition coefficient (Wildman–Crippen LogP) is 5.81. The van der Waals surface area contributed by atoms with Gasteiger partial charge in [0.2, 0.25) is 10.0 Å². The van der Waals surface area contributed by atoms with E-state index >= 15 is 0 Å². The number of thiazole rings is 1. The average Bonchev–Trinajstić information content (AvgIpc) is 3.09. The SMILES string of the molecule is CCCn1c(=NC(=O)c2ccc(S(=O)(=O)N(CC(C)C)CC(C)C)cc2)sc2cc(Cl)ccc21. The molecule has 3 rings (SSSR count). The zero-order chi connectivity index (χ0) is 25.0. The Balaban J connectivity index is 1.94. The van der Waals surface area contributed by atoms with Crippen molar-refractivity contribution in [3.63, 3.8) is 0 Å². The molecular formula is C25H32ClN3O3S2. The number of fused-ring (bicyclic) bond motifs is 1. The van der Waals surface area contributed by atoms with Crippen LogP contribution in [0, 0.1) is 11.8 Å². The standard InChI is InChI=1S/C25H32ClN3O3S2/c1-6-13-29-22-12-9-20(26)14-23(22)33-25(29)27-24(30)19-7-10-21(11-8-19)34(31,32)28(15-17(2)3)16-18(4)5/h7-12,14,17-18H,6,13,15-16H2,1-5H3. The van der Waals surface area contributed by atoms with Gasteiger partial charge in [-0.3, -0.25) is 4.79 Å². The maximum absolute atomic E-state index is 13.2. The van der Waals surface area contributed by atoms with Crippen LogP contribution in [-0.4, -0.2) is 36.3 Å². The maximum Gasteiger partial charge on any atom is 0.279 e. The number of aryl methyl sites for hydroxylation is 1. The van der Waals surface area contributed by atoms with E-state index in [2.05, 4.69) is 11.9 Å². The van der Waals surface area contributed by atoms with Crippen LogP contribution in [0.2, 0.25) is 5.02 Å². The summed E-state index contributed by atoms with van der Waals surface area (Å²) < 4.78 is 31.0. The first kappa shape index (κ1) is 26.6. The normalized spacial score (nSPS) is 13.0. The molecule has 34 heavy (non-hydrogen) atoms. The highest BCUT2D eigenvalue weighted by molar-refractivity contribution is 7.89. The number of amides is 1. The molecule has 0 atom stereocenters. The Hall–Kier alpha value is -2.00. The van der Waals surface area contributed by atoms with E-state index in [1.165, 1.54) is 39.9 Å². The van der Waals surface area contributed by atoms with Crippen LogP contribution in [0.5, 0.6) is 0 Å². The third-order valence-electron chi connectivity index (χ3n) is 5.17. The zero-order valence-electron chi connectivity index (χ0n) is 20.3. The fourth-order valence-corrected chi connectivity index (χ4v) is 6.82. The molecule has 9 heteroatoms. The third kappa shape index (κ3) is 6.16. The molecule has 0 aliphatic rings. The number of hydrogen-bond donors (Lipinski definition) is 0. The fourth-order valence-electron chi connectivity index (χ4n) is 3.73. The van der Waals surface area contributed by atoms with Gasteiger partial charge in [0.25, 0.3) is 5.91 Å². The van der Waals surface area contributed by atoms with Gasteiger partial charge in [0.1, 0.15) is 0 Å². The number of carbonyl (C=O) groups is 1. The second-order valence-corrected chi connectivity index (χ2v) is 12.6. The lowest BCUT2D eigenvalue weighted by atomic mass is 10.2. The molecule has 0 aliphatic heterocycles. The van der Waals surface area contributed by atoms with E-state index in [9.17, 15) is 13.2 Å². The third-order valence-corrected chi connectivity index (χ3v) is 8.29. The summed E-state index contributed by atoms with van der Waals surface area (Å²) >= 11 is 7.55. The van der Waals surface area contributed by atoms with Gasteiger partial charge in [-0.25, -0.2) is 8.42 Å². The first-order chi connectivity index (χ1) is 16.0. The Morgan fingerprint density at radius 1 is 1.06 bits per heavy atom. The number of nitrogens with zero attached hydrogens (tertiary/aromatic N) is 3. The maximum atomic E-state index is 13.2. The molecule has 1 aromatic heterocycles. The molecule has 0 aliphatic carbocycles. The van der Waals surface area contributed by atoms with Gasteiger partial charge in [-0.2, -0.15) is 9.30 Å². The van der Waals surface area contributed by atoms with Gasteiger partial charge in [-0.05, 0) is 60.7 Å². The minimum absolute atomic E-state index is 0.183. The van der Waals surface area contributed by atoms with Crippen molar-refractivity contribution < 1.29 is 13.2 Å². The summed E-state index contributed by atoms with van der Waals surface area (Å²) in [6.07, 6.45) is 0.894. The van der Waals surface area contributed by atoms with E-state index < -0.39 is 15.9 Å². The number of benzene rings is 2. The van der Waals surface area contributed by atoms with Crippen LogP contribution in [0.3, 0.4) is 0 Å². The number of halogens is 1. The summed E-state index contributed by atoms with van der Waals surface area (Å²) in [6, 6.07) is 11.7. The van der Waals surface area contributed by atoms with Gasteiger partial charge in [-0.1, -0.05) is 57.6 Å². The van der Waals surface area contributed by atoms with Crippen LogP contribution in [0.15, 0.2) is 52.4 Å².